The maximum atomic E-state index is 13.0. The van der Waals surface area contributed by atoms with E-state index in [2.05, 4.69) is 26.2 Å². The largest absolute Gasteiger partial charge is 0.322 e. The second-order valence-corrected chi connectivity index (χ2v) is 5.44. The first-order valence-electron chi connectivity index (χ1n) is 6.24. The summed E-state index contributed by atoms with van der Waals surface area (Å²) < 4.78 is 14.0. The molecule has 0 aliphatic heterocycles. The van der Waals surface area contributed by atoms with Crippen LogP contribution in [-0.4, -0.2) is 10.9 Å². The molecule has 0 atom stereocenters. The summed E-state index contributed by atoms with van der Waals surface area (Å²) in [6, 6.07) is 14.1. The van der Waals surface area contributed by atoms with Gasteiger partial charge >= 0.3 is 0 Å². The number of halogens is 2. The average molecular weight is 345 g/mol. The Balaban J connectivity index is 1.87. The van der Waals surface area contributed by atoms with E-state index in [0.717, 1.165) is 21.3 Å². The second kappa shape index (κ2) is 5.61. The molecule has 1 aromatic heterocycles. The first kappa shape index (κ1) is 13.7. The molecule has 0 aliphatic rings. The van der Waals surface area contributed by atoms with Crippen LogP contribution in [0.3, 0.4) is 0 Å². The van der Waals surface area contributed by atoms with Crippen LogP contribution < -0.4 is 5.32 Å². The lowest BCUT2D eigenvalue weighted by Crippen LogP contribution is -2.12. The average Bonchev–Trinajstić information content (AvgIpc) is 2.47. The molecule has 1 heterocycles. The number of fused-ring (bicyclic) bond motifs is 1. The monoisotopic (exact) mass is 344 g/mol. The first-order valence-corrected chi connectivity index (χ1v) is 7.03. The Kier molecular flexibility index (Phi) is 3.66. The van der Waals surface area contributed by atoms with E-state index in [-0.39, 0.29) is 11.5 Å². The zero-order chi connectivity index (χ0) is 14.8. The minimum Gasteiger partial charge on any atom is -0.322 e. The molecule has 1 N–H and O–H groups in total. The Morgan fingerprint density at radius 2 is 1.81 bits per heavy atom. The van der Waals surface area contributed by atoms with E-state index in [0.29, 0.717) is 5.69 Å². The predicted octanol–water partition coefficient (Wildman–Crippen LogP) is 4.39. The molecule has 0 saturated carbocycles. The molecule has 0 radical (unpaired) electrons. The van der Waals surface area contributed by atoms with Gasteiger partial charge in [0.1, 0.15) is 0 Å². The molecule has 1 amide bonds. The van der Waals surface area contributed by atoms with Crippen molar-refractivity contribution in [3.05, 3.63) is 70.7 Å². The van der Waals surface area contributed by atoms with Crippen LogP contribution in [0.1, 0.15) is 10.4 Å². The third-order valence-electron chi connectivity index (χ3n) is 3.05. The topological polar surface area (TPSA) is 42.0 Å². The fourth-order valence-electron chi connectivity index (χ4n) is 2.04. The maximum Gasteiger partial charge on any atom is 0.255 e. The van der Waals surface area contributed by atoms with Crippen LogP contribution in [0.25, 0.3) is 10.8 Å². The lowest BCUT2D eigenvalue weighted by atomic mass is 10.1. The van der Waals surface area contributed by atoms with E-state index in [1.165, 1.54) is 12.3 Å². The Bertz CT molecular complexity index is 835. The van der Waals surface area contributed by atoms with Crippen molar-refractivity contribution in [3.8, 4) is 0 Å². The molecule has 3 nitrogen and oxygen atoms in total. The third kappa shape index (κ3) is 3.08. The highest BCUT2D eigenvalue weighted by molar-refractivity contribution is 9.10. The maximum absolute atomic E-state index is 13.0. The van der Waals surface area contributed by atoms with Gasteiger partial charge in [-0.2, -0.15) is 4.39 Å². The van der Waals surface area contributed by atoms with Crippen molar-refractivity contribution in [2.45, 2.75) is 0 Å². The highest BCUT2D eigenvalue weighted by Crippen LogP contribution is 2.23. The van der Waals surface area contributed by atoms with Gasteiger partial charge in [0.05, 0.1) is 0 Å². The molecule has 0 bridgehead atoms. The summed E-state index contributed by atoms with van der Waals surface area (Å²) in [5.41, 5.74) is 0.894. The number of anilines is 1. The summed E-state index contributed by atoms with van der Waals surface area (Å²) >= 11 is 3.42. The zero-order valence-corrected chi connectivity index (χ0v) is 12.4. The van der Waals surface area contributed by atoms with Crippen LogP contribution >= 0.6 is 15.9 Å². The molecule has 0 unspecified atom stereocenters. The quantitative estimate of drug-likeness (QED) is 0.700. The molecule has 0 aliphatic carbocycles. The molecular weight excluding hydrogens is 335 g/mol. The minimum absolute atomic E-state index is 0.235. The molecule has 2 aromatic carbocycles. The summed E-state index contributed by atoms with van der Waals surface area (Å²) in [7, 11) is 0. The number of hydrogen-bond acceptors (Lipinski definition) is 2. The third-order valence-corrected chi connectivity index (χ3v) is 3.54. The standard InChI is InChI=1S/C16H10BrFN2O/c17-13-3-1-11-8-14(4-2-10(11)7-13)20-16(21)12-5-6-19-15(18)9-12/h1-9H,(H,20,21). The molecule has 0 saturated heterocycles. The lowest BCUT2D eigenvalue weighted by molar-refractivity contribution is 0.102. The smallest absolute Gasteiger partial charge is 0.255 e. The highest BCUT2D eigenvalue weighted by Gasteiger charge is 2.08. The summed E-state index contributed by atoms with van der Waals surface area (Å²) in [4.78, 5) is 15.5. The van der Waals surface area contributed by atoms with Crippen molar-refractivity contribution in [2.24, 2.45) is 0 Å². The van der Waals surface area contributed by atoms with Crippen LogP contribution in [0.4, 0.5) is 10.1 Å². The summed E-state index contributed by atoms with van der Waals surface area (Å²) in [5.74, 6) is -1.04. The predicted molar refractivity (Wildman–Crippen MR) is 83.8 cm³/mol. The lowest BCUT2D eigenvalue weighted by Gasteiger charge is -2.07. The Hall–Kier alpha value is -2.27. The van der Waals surface area contributed by atoms with Gasteiger partial charge in [0, 0.05) is 28.0 Å². The number of benzene rings is 2. The van der Waals surface area contributed by atoms with Crippen molar-refractivity contribution < 1.29 is 9.18 Å². The fraction of sp³-hybridized carbons (Fsp3) is 0. The van der Waals surface area contributed by atoms with Crippen LogP contribution in [0.5, 0.6) is 0 Å². The van der Waals surface area contributed by atoms with Crippen LogP contribution in [0.15, 0.2) is 59.2 Å². The van der Waals surface area contributed by atoms with Crippen LogP contribution in [0.2, 0.25) is 0 Å². The molecule has 3 rings (SSSR count). The molecular formula is C16H10BrFN2O. The molecule has 3 aromatic rings. The molecule has 21 heavy (non-hydrogen) atoms. The SMILES string of the molecule is O=C(Nc1ccc2cc(Br)ccc2c1)c1ccnc(F)c1. The van der Waals surface area contributed by atoms with Crippen molar-refractivity contribution in [1.82, 2.24) is 4.98 Å². The van der Waals surface area contributed by atoms with Gasteiger partial charge in [-0.15, -0.1) is 0 Å². The van der Waals surface area contributed by atoms with Gasteiger partial charge in [0.15, 0.2) is 0 Å². The summed E-state index contributed by atoms with van der Waals surface area (Å²) in [5, 5.41) is 4.83. The number of pyridine rings is 1. The van der Waals surface area contributed by atoms with Crippen LogP contribution in [0, 0.1) is 5.95 Å². The van der Waals surface area contributed by atoms with Gasteiger partial charge in [0.2, 0.25) is 5.95 Å². The van der Waals surface area contributed by atoms with E-state index in [9.17, 15) is 9.18 Å². The van der Waals surface area contributed by atoms with Gasteiger partial charge in [-0.25, -0.2) is 4.98 Å². The molecule has 104 valence electrons. The Labute approximate surface area is 128 Å². The number of aromatic nitrogens is 1. The molecule has 0 fully saturated rings. The number of carbonyl (C=O) groups is 1. The number of rotatable bonds is 2. The van der Waals surface area contributed by atoms with E-state index in [1.807, 2.05) is 36.4 Å². The van der Waals surface area contributed by atoms with Crippen molar-refractivity contribution >= 4 is 38.3 Å². The van der Waals surface area contributed by atoms with E-state index >= 15 is 0 Å². The summed E-state index contributed by atoms with van der Waals surface area (Å²) in [6.07, 6.45) is 1.27. The van der Waals surface area contributed by atoms with Crippen molar-refractivity contribution in [2.75, 3.05) is 5.32 Å². The van der Waals surface area contributed by atoms with Gasteiger partial charge in [-0.1, -0.05) is 28.1 Å². The second-order valence-electron chi connectivity index (χ2n) is 4.53. The van der Waals surface area contributed by atoms with Gasteiger partial charge < -0.3 is 5.32 Å². The van der Waals surface area contributed by atoms with Crippen molar-refractivity contribution in [1.29, 1.82) is 0 Å². The number of nitrogens with zero attached hydrogens (tertiary/aromatic N) is 1. The van der Waals surface area contributed by atoms with Crippen LogP contribution in [-0.2, 0) is 0 Å². The number of amides is 1. The number of hydrogen-bond donors (Lipinski definition) is 1. The highest BCUT2D eigenvalue weighted by atomic mass is 79.9. The molecule has 5 heteroatoms. The Morgan fingerprint density at radius 3 is 2.62 bits per heavy atom. The number of carbonyl (C=O) groups excluding carboxylic acids is 1. The van der Waals surface area contributed by atoms with Gasteiger partial charge in [0.25, 0.3) is 5.91 Å². The van der Waals surface area contributed by atoms with E-state index in [1.54, 1.807) is 0 Å². The normalized spacial score (nSPS) is 10.6. The van der Waals surface area contributed by atoms with E-state index < -0.39 is 5.95 Å². The Morgan fingerprint density at radius 1 is 1.05 bits per heavy atom. The summed E-state index contributed by atoms with van der Waals surface area (Å²) in [6.45, 7) is 0. The van der Waals surface area contributed by atoms with Gasteiger partial charge in [-0.05, 0) is 41.1 Å². The number of nitrogens with one attached hydrogen (secondary N) is 1. The van der Waals surface area contributed by atoms with Gasteiger partial charge in [-0.3, -0.25) is 4.79 Å². The minimum atomic E-state index is -0.675. The van der Waals surface area contributed by atoms with E-state index in [4.69, 9.17) is 0 Å². The zero-order valence-electron chi connectivity index (χ0n) is 10.8. The fourth-order valence-corrected chi connectivity index (χ4v) is 2.42. The molecule has 0 spiro atoms. The first-order chi connectivity index (χ1) is 10.1. The van der Waals surface area contributed by atoms with Crippen molar-refractivity contribution in [3.63, 3.8) is 0 Å².